The molecule has 0 heterocycles. The minimum atomic E-state index is -3.22. The zero-order chi connectivity index (χ0) is 10.5. The van der Waals surface area contributed by atoms with Crippen molar-refractivity contribution in [1.82, 2.24) is 0 Å². The van der Waals surface area contributed by atoms with Gasteiger partial charge in [-0.3, -0.25) is 0 Å². The van der Waals surface area contributed by atoms with E-state index in [-0.39, 0.29) is 6.32 Å². The van der Waals surface area contributed by atoms with Gasteiger partial charge in [0.25, 0.3) is 0 Å². The van der Waals surface area contributed by atoms with Gasteiger partial charge >= 0.3 is 12.7 Å². The summed E-state index contributed by atoms with van der Waals surface area (Å²) in [5.74, 6) is -0.964. The second-order valence-electron chi connectivity index (χ2n) is 3.21. The molecule has 0 aliphatic carbocycles. The molecule has 7 heteroatoms. The van der Waals surface area contributed by atoms with Crippen molar-refractivity contribution in [2.75, 3.05) is 0 Å². The molecule has 0 amide bonds. The van der Waals surface area contributed by atoms with Crippen molar-refractivity contribution in [1.29, 1.82) is 0 Å². The van der Waals surface area contributed by atoms with Gasteiger partial charge in [0, 0.05) is 6.42 Å². The van der Waals surface area contributed by atoms with E-state index in [1.807, 2.05) is 0 Å². The van der Waals surface area contributed by atoms with E-state index in [9.17, 15) is 4.79 Å². The van der Waals surface area contributed by atoms with Gasteiger partial charge in [0.05, 0.1) is 0 Å². The highest BCUT2D eigenvalue weighted by Gasteiger charge is 2.17. The van der Waals surface area contributed by atoms with Crippen LogP contribution >= 0.6 is 0 Å². The van der Waals surface area contributed by atoms with E-state index in [0.29, 0.717) is 19.3 Å². The minimum Gasteiger partial charge on any atom is -0.560 e. The van der Waals surface area contributed by atoms with Gasteiger partial charge in [0.15, 0.2) is 6.04 Å². The number of carbonyl (C=O) groups is 1. The van der Waals surface area contributed by atoms with Crippen LogP contribution in [-0.4, -0.2) is 38.9 Å². The van der Waals surface area contributed by atoms with Crippen LogP contribution < -0.4 is 5.73 Å². The predicted octanol–water partition coefficient (Wildman–Crippen LogP) is -2.23. The third-order valence-corrected chi connectivity index (χ3v) is 1.74. The van der Waals surface area contributed by atoms with Gasteiger partial charge in [-0.15, -0.1) is 0 Å². The van der Waals surface area contributed by atoms with E-state index >= 15 is 0 Å². The Morgan fingerprint density at radius 2 is 1.85 bits per heavy atom. The largest absolute Gasteiger partial charge is 0.560 e. The molecule has 1 atom stereocenters. The summed E-state index contributed by atoms with van der Waals surface area (Å²) in [5, 5.41) is 34.0. The Kier molecular flexibility index (Phi) is 4.93. The molecular formula is C6H16BNO5. The monoisotopic (exact) mass is 193 g/mol. The lowest BCUT2D eigenvalue weighted by atomic mass is 9.74. The molecule has 0 bridgehead atoms. The van der Waals surface area contributed by atoms with E-state index in [1.54, 1.807) is 0 Å². The van der Waals surface area contributed by atoms with Crippen molar-refractivity contribution < 1.29 is 30.7 Å². The summed E-state index contributed by atoms with van der Waals surface area (Å²) in [6.45, 7) is -3.22. The summed E-state index contributed by atoms with van der Waals surface area (Å²) in [6, 6.07) is -0.669. The van der Waals surface area contributed by atoms with Gasteiger partial charge in [-0.05, 0) is 6.42 Å². The maximum absolute atomic E-state index is 10.3. The predicted molar refractivity (Wildman–Crippen MR) is 45.4 cm³/mol. The van der Waals surface area contributed by atoms with Gasteiger partial charge in [-0.25, -0.2) is 4.79 Å². The van der Waals surface area contributed by atoms with Gasteiger partial charge < -0.3 is 25.9 Å². The number of hydrogen-bond donors (Lipinski definition) is 5. The Morgan fingerprint density at radius 1 is 1.31 bits per heavy atom. The number of unbranched alkanes of at least 4 members (excludes halogenated alkanes) is 1. The van der Waals surface area contributed by atoms with Gasteiger partial charge in [0.1, 0.15) is 0 Å². The molecule has 0 saturated heterocycles. The van der Waals surface area contributed by atoms with Crippen LogP contribution in [0.1, 0.15) is 19.3 Å². The molecule has 0 fully saturated rings. The van der Waals surface area contributed by atoms with Gasteiger partial charge in [-0.2, -0.15) is 0 Å². The van der Waals surface area contributed by atoms with Crippen LogP contribution in [0.25, 0.3) is 0 Å². The molecule has 0 aliphatic heterocycles. The van der Waals surface area contributed by atoms with Crippen LogP contribution in [0.5, 0.6) is 0 Å². The second-order valence-corrected chi connectivity index (χ2v) is 3.21. The van der Waals surface area contributed by atoms with Crippen molar-refractivity contribution >= 4 is 12.7 Å². The average molecular weight is 193 g/mol. The Balaban J connectivity index is 3.41. The Labute approximate surface area is 76.0 Å². The van der Waals surface area contributed by atoms with Crippen molar-refractivity contribution in [3.63, 3.8) is 0 Å². The molecule has 78 valence electrons. The number of quaternary nitrogens is 1. The summed E-state index contributed by atoms with van der Waals surface area (Å²) in [6.07, 6.45) is 1.14. The fourth-order valence-corrected chi connectivity index (χ4v) is 0.932. The SMILES string of the molecule is [NH3+][C@@H](CCCC[B-](O)(O)O)C(=O)O. The summed E-state index contributed by atoms with van der Waals surface area (Å²) in [7, 11) is 0. The summed E-state index contributed by atoms with van der Waals surface area (Å²) in [5.41, 5.74) is 3.39. The highest BCUT2D eigenvalue weighted by Crippen LogP contribution is 2.07. The fourth-order valence-electron chi connectivity index (χ4n) is 0.932. The van der Waals surface area contributed by atoms with Gasteiger partial charge in [-0.1, -0.05) is 12.7 Å². The first-order chi connectivity index (χ1) is 5.83. The number of carboxylic acids is 1. The van der Waals surface area contributed by atoms with Crippen molar-refractivity contribution in [3.8, 4) is 0 Å². The molecule has 0 unspecified atom stereocenters. The first-order valence-electron chi connectivity index (χ1n) is 4.22. The van der Waals surface area contributed by atoms with Crippen LogP contribution in [0.15, 0.2) is 0 Å². The lowest BCUT2D eigenvalue weighted by molar-refractivity contribution is -0.409. The number of hydrogen-bond acceptors (Lipinski definition) is 4. The topological polar surface area (TPSA) is 126 Å². The number of carboxylic acid groups (broad SMARTS) is 1. The molecular weight excluding hydrogens is 177 g/mol. The molecule has 0 aromatic carbocycles. The van der Waals surface area contributed by atoms with Gasteiger partial charge in [0.2, 0.25) is 0 Å². The molecule has 0 rings (SSSR count). The van der Waals surface area contributed by atoms with Crippen LogP contribution in [0.4, 0.5) is 0 Å². The molecule has 0 radical (unpaired) electrons. The van der Waals surface area contributed by atoms with Crippen LogP contribution in [0.2, 0.25) is 6.32 Å². The first-order valence-corrected chi connectivity index (χ1v) is 4.22. The van der Waals surface area contributed by atoms with E-state index in [4.69, 9.17) is 20.2 Å². The summed E-state index contributed by atoms with van der Waals surface area (Å²) in [4.78, 5) is 10.3. The molecule has 13 heavy (non-hydrogen) atoms. The standard InChI is InChI=1S/C6H15BNO5/c8-5(6(9)10)3-1-2-4-7(11,12)13/h5,11-13H,1-4,8H2,(H,9,10)/q-1/p+1/t5-/m0/s1. The Bertz CT molecular complexity index is 169. The van der Waals surface area contributed by atoms with Crippen LogP contribution in [-0.2, 0) is 4.79 Å². The molecule has 0 spiro atoms. The van der Waals surface area contributed by atoms with Crippen molar-refractivity contribution in [2.45, 2.75) is 31.6 Å². The Morgan fingerprint density at radius 3 is 2.23 bits per heavy atom. The molecule has 0 aliphatic rings. The zero-order valence-electron chi connectivity index (χ0n) is 7.39. The highest BCUT2D eigenvalue weighted by molar-refractivity contribution is 6.56. The highest BCUT2D eigenvalue weighted by atomic mass is 16.5. The molecule has 0 aromatic rings. The second kappa shape index (κ2) is 5.18. The third-order valence-electron chi connectivity index (χ3n) is 1.74. The molecule has 6 nitrogen and oxygen atoms in total. The molecule has 0 aromatic heterocycles. The maximum Gasteiger partial charge on any atom is 0.371 e. The molecule has 7 N–H and O–H groups in total. The van der Waals surface area contributed by atoms with Crippen LogP contribution in [0, 0.1) is 0 Å². The van der Waals surface area contributed by atoms with Crippen molar-refractivity contribution in [3.05, 3.63) is 0 Å². The van der Waals surface area contributed by atoms with E-state index in [2.05, 4.69) is 5.73 Å². The lowest BCUT2D eigenvalue weighted by Gasteiger charge is -2.19. The first kappa shape index (κ1) is 12.4. The quantitative estimate of drug-likeness (QED) is 0.241. The Hall–Kier alpha value is -0.625. The summed E-state index contributed by atoms with van der Waals surface area (Å²) >= 11 is 0. The smallest absolute Gasteiger partial charge is 0.371 e. The van der Waals surface area contributed by atoms with E-state index < -0.39 is 18.8 Å². The summed E-state index contributed by atoms with van der Waals surface area (Å²) < 4.78 is 0. The lowest BCUT2D eigenvalue weighted by Crippen LogP contribution is -2.64. The molecule has 0 saturated carbocycles. The average Bonchev–Trinajstić information content (AvgIpc) is 1.95. The van der Waals surface area contributed by atoms with E-state index in [0.717, 1.165) is 0 Å². The maximum atomic E-state index is 10.3. The fraction of sp³-hybridized carbons (Fsp3) is 0.833. The third kappa shape index (κ3) is 7.73. The minimum absolute atomic E-state index is 0.119. The van der Waals surface area contributed by atoms with E-state index in [1.165, 1.54) is 0 Å². The number of rotatable bonds is 6. The van der Waals surface area contributed by atoms with Crippen molar-refractivity contribution in [2.24, 2.45) is 0 Å². The zero-order valence-corrected chi connectivity index (χ0v) is 7.39. The normalized spacial score (nSPS) is 14.2. The number of aliphatic carboxylic acids is 1. The van der Waals surface area contributed by atoms with Crippen LogP contribution in [0.3, 0.4) is 0 Å².